The predicted molar refractivity (Wildman–Crippen MR) is 32.4 cm³/mol. The molecule has 0 bridgehead atoms. The highest BCUT2D eigenvalue weighted by molar-refractivity contribution is 7.79. The quantitative estimate of drug-likeness (QED) is 0.486. The minimum Gasteiger partial charge on any atom is -0.772 e. The van der Waals surface area contributed by atoms with Crippen molar-refractivity contribution >= 4 is 11.1 Å². The Hall–Kier alpha value is 0.0700. The van der Waals surface area contributed by atoms with Gasteiger partial charge in [0.15, 0.2) is 0 Å². The molecule has 4 heteroatoms. The van der Waals surface area contributed by atoms with Gasteiger partial charge in [-0.05, 0) is 0 Å². The van der Waals surface area contributed by atoms with Crippen LogP contribution in [0.25, 0.3) is 0 Å². The summed E-state index contributed by atoms with van der Waals surface area (Å²) in [5.41, 5.74) is 0. The Labute approximate surface area is 52.3 Å². The molecule has 0 fully saturated rings. The lowest BCUT2D eigenvalue weighted by Crippen LogP contribution is -1.85. The van der Waals surface area contributed by atoms with Crippen LogP contribution < -0.4 is 0 Å². The standard InChI is InChI=1S/C2H6O2S.C2H6O/c1-2-5(3)4;1-3-2/h2H2,1H3,(H,3,4);1-2H3/p-1. The monoisotopic (exact) mass is 139 g/mol. The lowest BCUT2D eigenvalue weighted by Gasteiger charge is -1.93. The smallest absolute Gasteiger partial charge is 0.0351 e. The third-order valence-corrected chi connectivity index (χ3v) is 0.707. The van der Waals surface area contributed by atoms with E-state index in [1.165, 1.54) is 0 Å². The zero-order valence-electron chi connectivity index (χ0n) is 5.34. The van der Waals surface area contributed by atoms with E-state index >= 15 is 0 Å². The second kappa shape index (κ2) is 10.1. The molecule has 0 aliphatic rings. The molecule has 3 nitrogen and oxygen atoms in total. The van der Waals surface area contributed by atoms with Crippen LogP contribution >= 0.6 is 0 Å². The maximum absolute atomic E-state index is 9.37. The zero-order valence-corrected chi connectivity index (χ0v) is 6.16. The Morgan fingerprint density at radius 1 is 1.62 bits per heavy atom. The van der Waals surface area contributed by atoms with Gasteiger partial charge in [0.2, 0.25) is 0 Å². The van der Waals surface area contributed by atoms with Gasteiger partial charge in [-0.25, -0.2) is 0 Å². The fourth-order valence-corrected chi connectivity index (χ4v) is 0. The van der Waals surface area contributed by atoms with Crippen molar-refractivity contribution in [3.05, 3.63) is 0 Å². The molecule has 0 rings (SSSR count). The highest BCUT2D eigenvalue weighted by atomic mass is 32.2. The van der Waals surface area contributed by atoms with Crippen LogP contribution in [-0.4, -0.2) is 28.7 Å². The molecular weight excluding hydrogens is 128 g/mol. The summed E-state index contributed by atoms with van der Waals surface area (Å²) in [7, 11) is 3.25. The molecule has 0 heterocycles. The number of rotatable bonds is 1. The van der Waals surface area contributed by atoms with Crippen LogP contribution in [0.1, 0.15) is 6.92 Å². The summed E-state index contributed by atoms with van der Waals surface area (Å²) in [6.45, 7) is 1.59. The number of methoxy groups -OCH3 is 1. The maximum atomic E-state index is 9.37. The van der Waals surface area contributed by atoms with Crippen LogP contribution in [-0.2, 0) is 15.8 Å². The Bertz CT molecular complexity index is 55.2. The van der Waals surface area contributed by atoms with E-state index in [1.807, 2.05) is 0 Å². The van der Waals surface area contributed by atoms with Crippen molar-refractivity contribution in [1.29, 1.82) is 0 Å². The first-order valence-corrected chi connectivity index (χ1v) is 3.39. The summed E-state index contributed by atoms with van der Waals surface area (Å²) in [6.07, 6.45) is 0. The second-order valence-electron chi connectivity index (χ2n) is 1.00. The Balaban J connectivity index is 0. The first-order valence-electron chi connectivity index (χ1n) is 2.15. The van der Waals surface area contributed by atoms with Crippen molar-refractivity contribution in [2.75, 3.05) is 20.0 Å². The van der Waals surface area contributed by atoms with Crippen LogP contribution in [0.3, 0.4) is 0 Å². The van der Waals surface area contributed by atoms with E-state index < -0.39 is 11.1 Å². The largest absolute Gasteiger partial charge is 0.772 e. The molecule has 0 N–H and O–H groups in total. The first kappa shape index (κ1) is 10.9. The zero-order chi connectivity index (χ0) is 6.99. The molecule has 52 valence electrons. The number of hydrogen-bond donors (Lipinski definition) is 0. The van der Waals surface area contributed by atoms with Gasteiger partial charge in [0.25, 0.3) is 0 Å². The molecule has 1 atom stereocenters. The number of hydrogen-bond acceptors (Lipinski definition) is 3. The fourth-order valence-electron chi connectivity index (χ4n) is 0. The summed E-state index contributed by atoms with van der Waals surface area (Å²) in [6, 6.07) is 0. The summed E-state index contributed by atoms with van der Waals surface area (Å²) < 4.78 is 23.0. The van der Waals surface area contributed by atoms with Crippen molar-refractivity contribution < 1.29 is 13.5 Å². The molecule has 8 heavy (non-hydrogen) atoms. The average molecular weight is 139 g/mol. The van der Waals surface area contributed by atoms with E-state index in [1.54, 1.807) is 21.1 Å². The maximum Gasteiger partial charge on any atom is 0.0351 e. The summed E-state index contributed by atoms with van der Waals surface area (Å²) in [4.78, 5) is 0. The molecule has 0 amide bonds. The van der Waals surface area contributed by atoms with Crippen LogP contribution in [0.5, 0.6) is 0 Å². The van der Waals surface area contributed by atoms with Gasteiger partial charge in [0.1, 0.15) is 0 Å². The highest BCUT2D eigenvalue weighted by Crippen LogP contribution is 1.63. The van der Waals surface area contributed by atoms with Crippen molar-refractivity contribution in [1.82, 2.24) is 0 Å². The van der Waals surface area contributed by atoms with Crippen LogP contribution in [0, 0.1) is 0 Å². The third-order valence-electron chi connectivity index (χ3n) is 0.236. The van der Waals surface area contributed by atoms with E-state index in [4.69, 9.17) is 0 Å². The fraction of sp³-hybridized carbons (Fsp3) is 1.00. The lowest BCUT2D eigenvalue weighted by atomic mass is 11.0. The van der Waals surface area contributed by atoms with E-state index in [-0.39, 0.29) is 5.75 Å². The van der Waals surface area contributed by atoms with Crippen molar-refractivity contribution in [2.24, 2.45) is 0 Å². The molecule has 0 aromatic carbocycles. The Kier molecular flexibility index (Phi) is 13.9. The van der Waals surface area contributed by atoms with E-state index in [9.17, 15) is 8.76 Å². The van der Waals surface area contributed by atoms with Gasteiger partial charge in [0.05, 0.1) is 0 Å². The van der Waals surface area contributed by atoms with Gasteiger partial charge in [0, 0.05) is 20.0 Å². The molecule has 0 saturated heterocycles. The van der Waals surface area contributed by atoms with Crippen LogP contribution in [0.2, 0.25) is 0 Å². The summed E-state index contributed by atoms with van der Waals surface area (Å²) >= 11 is -1.82. The van der Waals surface area contributed by atoms with Gasteiger partial charge in [-0.15, -0.1) is 0 Å². The molecular formula is C4H11O3S-. The topological polar surface area (TPSA) is 49.4 Å². The first-order chi connectivity index (χ1) is 3.68. The molecule has 0 spiro atoms. The van der Waals surface area contributed by atoms with Gasteiger partial charge in [-0.3, -0.25) is 4.21 Å². The van der Waals surface area contributed by atoms with Crippen LogP contribution in [0.15, 0.2) is 0 Å². The average Bonchev–Trinajstić information content (AvgIpc) is 1.69. The summed E-state index contributed by atoms with van der Waals surface area (Å²) in [5.74, 6) is 0.222. The SMILES string of the molecule is CCS(=O)[O-].COC. The summed E-state index contributed by atoms with van der Waals surface area (Å²) in [5, 5.41) is 0. The lowest BCUT2D eigenvalue weighted by molar-refractivity contribution is 0.277. The molecule has 0 aliphatic carbocycles. The van der Waals surface area contributed by atoms with E-state index in [0.717, 1.165) is 0 Å². The minimum atomic E-state index is -1.82. The minimum absolute atomic E-state index is 0.222. The molecule has 0 aromatic heterocycles. The Morgan fingerprint density at radius 3 is 1.75 bits per heavy atom. The molecule has 1 unspecified atom stereocenters. The van der Waals surface area contributed by atoms with E-state index in [0.29, 0.717) is 0 Å². The normalized spacial score (nSPS) is 11.5. The van der Waals surface area contributed by atoms with Crippen molar-refractivity contribution in [2.45, 2.75) is 6.92 Å². The molecule has 0 radical (unpaired) electrons. The van der Waals surface area contributed by atoms with Gasteiger partial charge < -0.3 is 9.29 Å². The second-order valence-corrected chi connectivity index (χ2v) is 2.19. The van der Waals surface area contributed by atoms with E-state index in [2.05, 4.69) is 4.74 Å². The van der Waals surface area contributed by atoms with Gasteiger partial charge >= 0.3 is 0 Å². The van der Waals surface area contributed by atoms with Crippen molar-refractivity contribution in [3.63, 3.8) is 0 Å². The Morgan fingerprint density at radius 2 is 1.75 bits per heavy atom. The number of ether oxygens (including phenoxy) is 1. The molecule has 0 saturated carbocycles. The molecule has 0 aromatic rings. The third kappa shape index (κ3) is 36.4. The van der Waals surface area contributed by atoms with Crippen molar-refractivity contribution in [3.8, 4) is 0 Å². The van der Waals surface area contributed by atoms with Gasteiger partial charge in [-0.1, -0.05) is 18.0 Å². The molecule has 0 aliphatic heterocycles. The van der Waals surface area contributed by atoms with Gasteiger partial charge in [-0.2, -0.15) is 0 Å². The van der Waals surface area contributed by atoms with Crippen LogP contribution in [0.4, 0.5) is 0 Å². The predicted octanol–water partition coefficient (Wildman–Crippen LogP) is 0.148. The highest BCUT2D eigenvalue weighted by Gasteiger charge is 1.62.